The normalized spacial score (nSPS) is 14.5. The SMILES string of the molecule is CCCCCCCCCCN1CCCc2cc(N=Nc3nncs3)c(NS(=O)(=O)C(F)(F)F)cc21. The fraction of sp³-hybridized carbons (Fsp3) is 0.636. The molecule has 0 saturated carbocycles. The summed E-state index contributed by atoms with van der Waals surface area (Å²) >= 11 is 1.10. The number of anilines is 2. The van der Waals surface area contributed by atoms with E-state index in [1.165, 1.54) is 43.7 Å². The minimum absolute atomic E-state index is 0.000652. The van der Waals surface area contributed by atoms with Gasteiger partial charge in [0, 0.05) is 18.8 Å². The number of halogens is 3. The predicted octanol–water partition coefficient (Wildman–Crippen LogP) is 7.11. The number of hydrogen-bond donors (Lipinski definition) is 1. The van der Waals surface area contributed by atoms with Gasteiger partial charge in [-0.25, -0.2) is 0 Å². The molecule has 0 unspecified atom stereocenters. The molecule has 1 aliphatic heterocycles. The quantitative estimate of drug-likeness (QED) is 0.219. The second-order valence-corrected chi connectivity index (χ2v) is 11.0. The lowest BCUT2D eigenvalue weighted by molar-refractivity contribution is -0.0429. The number of hydrogen-bond acceptors (Lipinski definition) is 8. The molecule has 0 amide bonds. The zero-order valence-electron chi connectivity index (χ0n) is 19.7. The maximum absolute atomic E-state index is 13.1. The van der Waals surface area contributed by atoms with Gasteiger partial charge >= 0.3 is 15.5 Å². The topological polar surface area (TPSA) is 99.9 Å². The molecule has 1 aliphatic rings. The van der Waals surface area contributed by atoms with Gasteiger partial charge in [0.25, 0.3) is 5.13 Å². The number of fused-ring (bicyclic) bond motifs is 1. The summed E-state index contributed by atoms with van der Waals surface area (Å²) < 4.78 is 64.6. The Labute approximate surface area is 208 Å². The summed E-state index contributed by atoms with van der Waals surface area (Å²) in [7, 11) is -5.62. The van der Waals surface area contributed by atoms with Crippen LogP contribution in [-0.2, 0) is 16.4 Å². The molecule has 1 aromatic carbocycles. The molecule has 2 heterocycles. The first-order valence-corrected chi connectivity index (χ1v) is 14.3. The maximum Gasteiger partial charge on any atom is 0.516 e. The summed E-state index contributed by atoms with van der Waals surface area (Å²) in [6.07, 6.45) is 11.0. The summed E-state index contributed by atoms with van der Waals surface area (Å²) in [5.74, 6) is 0. The summed E-state index contributed by atoms with van der Waals surface area (Å²) in [5.41, 5.74) is -2.64. The molecule has 2 aromatic rings. The highest BCUT2D eigenvalue weighted by Crippen LogP contribution is 2.39. The van der Waals surface area contributed by atoms with Gasteiger partial charge in [0.15, 0.2) is 0 Å². The molecule has 0 fully saturated rings. The summed E-state index contributed by atoms with van der Waals surface area (Å²) in [4.78, 5) is 2.12. The Balaban J connectivity index is 1.77. The molecule has 0 aliphatic carbocycles. The third kappa shape index (κ3) is 7.86. The van der Waals surface area contributed by atoms with Crippen molar-refractivity contribution in [2.75, 3.05) is 22.7 Å². The average molecular weight is 533 g/mol. The number of nitrogens with zero attached hydrogens (tertiary/aromatic N) is 5. The van der Waals surface area contributed by atoms with Crippen LogP contribution in [0.4, 0.5) is 35.4 Å². The molecule has 0 spiro atoms. The Morgan fingerprint density at radius 3 is 2.46 bits per heavy atom. The molecule has 8 nitrogen and oxygen atoms in total. The van der Waals surface area contributed by atoms with Crippen LogP contribution in [0, 0.1) is 0 Å². The number of unbranched alkanes of at least 4 members (excludes halogenated alkanes) is 7. The van der Waals surface area contributed by atoms with Crippen LogP contribution in [0.25, 0.3) is 0 Å². The van der Waals surface area contributed by atoms with E-state index in [0.717, 1.165) is 67.8 Å². The summed E-state index contributed by atoms with van der Waals surface area (Å²) in [5, 5.41) is 15.5. The third-order valence-electron chi connectivity index (χ3n) is 5.83. The number of sulfonamides is 1. The van der Waals surface area contributed by atoms with Gasteiger partial charge in [-0.3, -0.25) is 4.72 Å². The molecular weight excluding hydrogens is 501 g/mol. The van der Waals surface area contributed by atoms with Gasteiger partial charge in [-0.05, 0) is 37.0 Å². The Morgan fingerprint density at radius 1 is 1.09 bits per heavy atom. The van der Waals surface area contributed by atoms with Crippen LogP contribution in [0.5, 0.6) is 0 Å². The number of aryl methyl sites for hydroxylation is 1. The van der Waals surface area contributed by atoms with E-state index in [-0.39, 0.29) is 16.5 Å². The van der Waals surface area contributed by atoms with Crippen molar-refractivity contribution >= 4 is 43.6 Å². The Morgan fingerprint density at radius 2 is 1.80 bits per heavy atom. The highest BCUT2D eigenvalue weighted by atomic mass is 32.2. The van der Waals surface area contributed by atoms with Gasteiger partial charge in [0.2, 0.25) is 0 Å². The number of benzene rings is 1. The zero-order chi connectivity index (χ0) is 25.3. The first-order valence-electron chi connectivity index (χ1n) is 11.9. The Kier molecular flexibility index (Phi) is 9.84. The van der Waals surface area contributed by atoms with Gasteiger partial charge in [-0.1, -0.05) is 63.2 Å². The van der Waals surface area contributed by atoms with Crippen LogP contribution >= 0.6 is 11.3 Å². The standard InChI is InChI=1S/C22H31F3N6O2S2/c1-2-3-4-5-6-7-8-9-12-31-13-10-11-17-14-18(27-29-21-28-26-16-34-21)19(15-20(17)31)30-35(32,33)22(23,24)25/h14-16,30H,2-13H2,1H3. The molecule has 0 radical (unpaired) electrons. The lowest BCUT2D eigenvalue weighted by Crippen LogP contribution is -2.32. The highest BCUT2D eigenvalue weighted by Gasteiger charge is 2.46. The maximum atomic E-state index is 13.1. The summed E-state index contributed by atoms with van der Waals surface area (Å²) in [6.45, 7) is 3.72. The van der Waals surface area contributed by atoms with Gasteiger partial charge in [-0.15, -0.1) is 20.4 Å². The van der Waals surface area contributed by atoms with Gasteiger partial charge in [0.05, 0.1) is 5.69 Å². The first kappa shape index (κ1) is 27.3. The number of rotatable bonds is 13. The highest BCUT2D eigenvalue weighted by molar-refractivity contribution is 7.93. The van der Waals surface area contributed by atoms with Crippen molar-refractivity contribution < 1.29 is 21.6 Å². The van der Waals surface area contributed by atoms with Crippen molar-refractivity contribution in [3.63, 3.8) is 0 Å². The lowest BCUT2D eigenvalue weighted by Gasteiger charge is -2.32. The lowest BCUT2D eigenvalue weighted by atomic mass is 9.99. The van der Waals surface area contributed by atoms with Gasteiger partial charge in [-0.2, -0.15) is 21.6 Å². The smallest absolute Gasteiger partial charge is 0.371 e. The Bertz CT molecular complexity index is 1080. The minimum Gasteiger partial charge on any atom is -0.371 e. The molecular formula is C22H31F3N6O2S2. The molecule has 194 valence electrons. The van der Waals surface area contributed by atoms with Crippen LogP contribution in [0.1, 0.15) is 70.3 Å². The number of alkyl halides is 3. The molecule has 13 heteroatoms. The molecule has 0 atom stereocenters. The molecule has 1 N–H and O–H groups in total. The fourth-order valence-electron chi connectivity index (χ4n) is 4.04. The summed E-state index contributed by atoms with van der Waals surface area (Å²) in [6, 6.07) is 3.05. The molecule has 35 heavy (non-hydrogen) atoms. The molecule has 1 aromatic heterocycles. The second kappa shape index (κ2) is 12.6. The third-order valence-corrected chi connectivity index (χ3v) is 7.51. The minimum atomic E-state index is -5.62. The van der Waals surface area contributed by atoms with Crippen molar-refractivity contribution in [3.8, 4) is 0 Å². The van der Waals surface area contributed by atoms with E-state index >= 15 is 0 Å². The first-order chi connectivity index (χ1) is 16.7. The fourth-order valence-corrected chi connectivity index (χ4v) is 4.98. The van der Waals surface area contributed by atoms with Crippen LogP contribution < -0.4 is 9.62 Å². The number of nitrogens with one attached hydrogen (secondary N) is 1. The molecule has 3 rings (SSSR count). The average Bonchev–Trinajstić information content (AvgIpc) is 3.32. The van der Waals surface area contributed by atoms with Crippen molar-refractivity contribution in [3.05, 3.63) is 23.2 Å². The zero-order valence-corrected chi connectivity index (χ0v) is 21.4. The second-order valence-electron chi connectivity index (χ2n) is 8.54. The van der Waals surface area contributed by atoms with E-state index in [9.17, 15) is 21.6 Å². The van der Waals surface area contributed by atoms with Crippen molar-refractivity contribution in [2.45, 2.75) is 76.6 Å². The van der Waals surface area contributed by atoms with Crippen LogP contribution in [0.2, 0.25) is 0 Å². The van der Waals surface area contributed by atoms with E-state index in [2.05, 4.69) is 32.2 Å². The van der Waals surface area contributed by atoms with E-state index < -0.39 is 15.5 Å². The van der Waals surface area contributed by atoms with Crippen LogP contribution in [0.15, 0.2) is 27.9 Å². The molecule has 0 bridgehead atoms. The van der Waals surface area contributed by atoms with E-state index in [1.807, 2.05) is 0 Å². The van der Waals surface area contributed by atoms with Gasteiger partial charge < -0.3 is 4.90 Å². The predicted molar refractivity (Wildman–Crippen MR) is 132 cm³/mol. The monoisotopic (exact) mass is 532 g/mol. The van der Waals surface area contributed by atoms with Crippen LogP contribution in [0.3, 0.4) is 0 Å². The van der Waals surface area contributed by atoms with Crippen LogP contribution in [-0.4, -0.2) is 37.2 Å². The van der Waals surface area contributed by atoms with Crippen molar-refractivity contribution in [2.24, 2.45) is 10.2 Å². The van der Waals surface area contributed by atoms with Crippen molar-refractivity contribution in [1.82, 2.24) is 10.2 Å². The Hall–Kier alpha value is -2.28. The number of azo groups is 1. The van der Waals surface area contributed by atoms with E-state index in [4.69, 9.17) is 0 Å². The van der Waals surface area contributed by atoms with E-state index in [0.29, 0.717) is 0 Å². The van der Waals surface area contributed by atoms with E-state index in [1.54, 1.807) is 10.8 Å². The number of aromatic nitrogens is 2. The van der Waals surface area contributed by atoms with Gasteiger partial charge in [0.1, 0.15) is 11.2 Å². The molecule has 0 saturated heterocycles. The van der Waals surface area contributed by atoms with Crippen molar-refractivity contribution in [1.29, 1.82) is 0 Å². The largest absolute Gasteiger partial charge is 0.516 e.